The van der Waals surface area contributed by atoms with E-state index in [0.29, 0.717) is 43.7 Å². The van der Waals surface area contributed by atoms with Gasteiger partial charge in [0.2, 0.25) is 11.8 Å². The van der Waals surface area contributed by atoms with E-state index >= 15 is 0 Å². The summed E-state index contributed by atoms with van der Waals surface area (Å²) in [6.07, 6.45) is 6.76. The lowest BCUT2D eigenvalue weighted by molar-refractivity contribution is -0.167. The number of piperidine rings is 1. The van der Waals surface area contributed by atoms with Gasteiger partial charge in [0.25, 0.3) is 5.91 Å². The van der Waals surface area contributed by atoms with E-state index < -0.39 is 30.1 Å². The van der Waals surface area contributed by atoms with Gasteiger partial charge in [-0.3, -0.25) is 14.4 Å². The molecule has 0 aromatic heterocycles. The molecule has 33 heavy (non-hydrogen) atoms. The summed E-state index contributed by atoms with van der Waals surface area (Å²) in [4.78, 5) is 53.6. The Morgan fingerprint density at radius 3 is 2.06 bits per heavy atom. The molecule has 6 fully saturated rings. The monoisotopic (exact) mass is 461 g/mol. The Balaban J connectivity index is 1.19. The normalized spacial score (nSPS) is 37.9. The molecule has 6 aliphatic rings. The summed E-state index contributed by atoms with van der Waals surface area (Å²) in [7, 11) is 0. The van der Waals surface area contributed by atoms with Crippen molar-refractivity contribution in [2.45, 2.75) is 69.9 Å². The number of rotatable bonds is 5. The van der Waals surface area contributed by atoms with Gasteiger partial charge in [0, 0.05) is 32.0 Å². The molecule has 182 valence electrons. The Bertz CT molecular complexity index is 801. The fourth-order valence-corrected chi connectivity index (χ4v) is 7.67. The molecule has 3 N–H and O–H groups in total. The largest absolute Gasteiger partial charge is 0.454 e. The molecule has 9 nitrogen and oxygen atoms in total. The van der Waals surface area contributed by atoms with Crippen molar-refractivity contribution in [3.05, 3.63) is 0 Å². The molecule has 0 aromatic carbocycles. The fraction of sp³-hybridized carbons (Fsp3) is 0.833. The van der Waals surface area contributed by atoms with Crippen LogP contribution in [0.15, 0.2) is 0 Å². The van der Waals surface area contributed by atoms with Crippen molar-refractivity contribution in [2.75, 3.05) is 26.2 Å². The average Bonchev–Trinajstić information content (AvgIpc) is 3.17. The minimum absolute atomic E-state index is 0.0000458. The van der Waals surface area contributed by atoms with Crippen molar-refractivity contribution in [3.8, 4) is 0 Å². The summed E-state index contributed by atoms with van der Waals surface area (Å²) in [5, 5.41) is 10.3. The second kappa shape index (κ2) is 8.56. The lowest BCUT2D eigenvalue weighted by Gasteiger charge is -2.56. The Morgan fingerprint density at radius 2 is 1.52 bits per heavy atom. The number of esters is 1. The molecule has 4 aliphatic carbocycles. The molecule has 0 spiro atoms. The second-order valence-electron chi connectivity index (χ2n) is 11.2. The van der Waals surface area contributed by atoms with Crippen LogP contribution in [0, 0.1) is 29.1 Å². The van der Waals surface area contributed by atoms with Crippen LogP contribution in [0.4, 0.5) is 0 Å². The van der Waals surface area contributed by atoms with E-state index in [2.05, 4.69) is 0 Å². The summed E-state index contributed by atoms with van der Waals surface area (Å²) in [5.41, 5.74) is 4.94. The SMILES string of the molecule is NC(=O)C1CCN(C(=O)COC(=O)[C@H]2C[C@H](O)CN2C(=O)C23CC4CC(CC(C4)C2)C3)CC1. The van der Waals surface area contributed by atoms with Crippen LogP contribution in [0.1, 0.15) is 57.8 Å². The molecule has 9 heteroatoms. The highest BCUT2D eigenvalue weighted by Gasteiger charge is 2.57. The maximum atomic E-state index is 13.7. The van der Waals surface area contributed by atoms with Gasteiger partial charge in [-0.2, -0.15) is 0 Å². The first kappa shape index (κ1) is 22.6. The Kier molecular flexibility index (Phi) is 5.87. The molecule has 4 saturated carbocycles. The number of carbonyl (C=O) groups excluding carboxylic acids is 4. The zero-order valence-corrected chi connectivity index (χ0v) is 19.1. The standard InChI is InChI=1S/C24H35N3O6/c25-21(30)17-1-3-26(4-2-17)20(29)13-33-22(31)19-8-18(28)12-27(19)23(32)24-9-14-5-15(10-24)7-16(6-14)11-24/h14-19,28H,1-13H2,(H2,25,30)/t14?,15?,16?,18-,19+,24?/m0/s1. The molecule has 2 atom stereocenters. The highest BCUT2D eigenvalue weighted by Crippen LogP contribution is 2.60. The van der Waals surface area contributed by atoms with Crippen LogP contribution in [0.5, 0.6) is 0 Å². The van der Waals surface area contributed by atoms with Crippen molar-refractivity contribution in [1.82, 2.24) is 9.80 Å². The van der Waals surface area contributed by atoms with Gasteiger partial charge in [-0.15, -0.1) is 0 Å². The third-order valence-electron chi connectivity index (χ3n) is 8.89. The Labute approximate surface area is 194 Å². The van der Waals surface area contributed by atoms with Crippen LogP contribution in [0.2, 0.25) is 0 Å². The van der Waals surface area contributed by atoms with Crippen molar-refractivity contribution < 1.29 is 29.0 Å². The van der Waals surface area contributed by atoms with Crippen LogP contribution in [0.25, 0.3) is 0 Å². The number of hydrogen-bond acceptors (Lipinski definition) is 6. The highest BCUT2D eigenvalue weighted by atomic mass is 16.5. The van der Waals surface area contributed by atoms with Crippen LogP contribution >= 0.6 is 0 Å². The number of ether oxygens (including phenoxy) is 1. The van der Waals surface area contributed by atoms with Crippen LogP contribution in [-0.4, -0.2) is 77.0 Å². The summed E-state index contributed by atoms with van der Waals surface area (Å²) >= 11 is 0. The fourth-order valence-electron chi connectivity index (χ4n) is 7.67. The number of nitrogens with zero attached hydrogens (tertiary/aromatic N) is 2. The minimum Gasteiger partial charge on any atom is -0.454 e. The topological polar surface area (TPSA) is 130 Å². The van der Waals surface area contributed by atoms with E-state index in [9.17, 15) is 24.3 Å². The van der Waals surface area contributed by atoms with Gasteiger partial charge in [-0.05, 0) is 69.1 Å². The van der Waals surface area contributed by atoms with E-state index in [0.717, 1.165) is 19.3 Å². The summed E-state index contributed by atoms with van der Waals surface area (Å²) in [5.74, 6) is 0.310. The lowest BCUT2D eigenvalue weighted by atomic mass is 9.49. The van der Waals surface area contributed by atoms with Gasteiger partial charge < -0.3 is 25.4 Å². The number of amides is 3. The average molecular weight is 462 g/mol. The molecular formula is C24H35N3O6. The molecular weight excluding hydrogens is 426 g/mol. The second-order valence-corrected chi connectivity index (χ2v) is 11.2. The maximum Gasteiger partial charge on any atom is 0.329 e. The zero-order valence-electron chi connectivity index (χ0n) is 19.1. The van der Waals surface area contributed by atoms with Crippen molar-refractivity contribution in [3.63, 3.8) is 0 Å². The van der Waals surface area contributed by atoms with Gasteiger partial charge in [0.1, 0.15) is 6.04 Å². The quantitative estimate of drug-likeness (QED) is 0.571. The molecule has 2 heterocycles. The summed E-state index contributed by atoms with van der Waals surface area (Å²) in [6.45, 7) is 0.562. The van der Waals surface area contributed by atoms with Crippen LogP contribution in [-0.2, 0) is 23.9 Å². The number of hydrogen-bond donors (Lipinski definition) is 2. The molecule has 0 aromatic rings. The Morgan fingerprint density at radius 1 is 0.939 bits per heavy atom. The lowest BCUT2D eigenvalue weighted by Crippen LogP contribution is -2.56. The zero-order chi connectivity index (χ0) is 23.3. The summed E-state index contributed by atoms with van der Waals surface area (Å²) < 4.78 is 5.34. The molecule has 0 radical (unpaired) electrons. The Hall–Kier alpha value is -2.16. The first-order chi connectivity index (χ1) is 15.7. The molecule has 2 saturated heterocycles. The third kappa shape index (κ3) is 4.24. The highest BCUT2D eigenvalue weighted by molar-refractivity contribution is 5.90. The molecule has 0 unspecified atom stereocenters. The maximum absolute atomic E-state index is 13.7. The number of carbonyl (C=O) groups is 4. The van der Waals surface area contributed by atoms with Crippen molar-refractivity contribution in [1.29, 1.82) is 0 Å². The molecule has 3 amide bonds. The van der Waals surface area contributed by atoms with Crippen molar-refractivity contribution in [2.24, 2.45) is 34.8 Å². The summed E-state index contributed by atoms with van der Waals surface area (Å²) in [6, 6.07) is -0.839. The van der Waals surface area contributed by atoms with Gasteiger partial charge in [0.15, 0.2) is 6.61 Å². The van der Waals surface area contributed by atoms with Gasteiger partial charge in [-0.25, -0.2) is 4.79 Å². The number of nitrogens with two attached hydrogens (primary N) is 1. The van der Waals surface area contributed by atoms with E-state index in [1.54, 1.807) is 9.80 Å². The molecule has 6 rings (SSSR count). The van der Waals surface area contributed by atoms with Gasteiger partial charge >= 0.3 is 5.97 Å². The number of β-amino-alcohol motifs (C(OH)–C–C–N with tert-alkyl or cyclic N) is 1. The molecule has 4 bridgehead atoms. The van der Waals surface area contributed by atoms with Crippen molar-refractivity contribution >= 4 is 23.7 Å². The predicted octanol–water partition coefficient (Wildman–Crippen LogP) is 0.432. The number of aliphatic hydroxyl groups is 1. The van der Waals surface area contributed by atoms with E-state index in [-0.39, 0.29) is 36.6 Å². The van der Waals surface area contributed by atoms with Gasteiger partial charge in [-0.1, -0.05) is 0 Å². The minimum atomic E-state index is -0.839. The van der Waals surface area contributed by atoms with Gasteiger partial charge in [0.05, 0.1) is 11.5 Å². The van der Waals surface area contributed by atoms with E-state index in [1.165, 1.54) is 19.3 Å². The van der Waals surface area contributed by atoms with E-state index in [4.69, 9.17) is 10.5 Å². The first-order valence-corrected chi connectivity index (χ1v) is 12.5. The predicted molar refractivity (Wildman–Crippen MR) is 116 cm³/mol. The third-order valence-corrected chi connectivity index (χ3v) is 8.89. The van der Waals surface area contributed by atoms with Crippen LogP contribution < -0.4 is 5.73 Å². The smallest absolute Gasteiger partial charge is 0.329 e. The number of likely N-dealkylation sites (tertiary alicyclic amines) is 2. The number of aliphatic hydroxyl groups excluding tert-OH is 1. The molecule has 2 aliphatic heterocycles. The van der Waals surface area contributed by atoms with Crippen LogP contribution in [0.3, 0.4) is 0 Å². The number of primary amides is 1. The van der Waals surface area contributed by atoms with E-state index in [1.807, 2.05) is 0 Å². The first-order valence-electron chi connectivity index (χ1n) is 12.5.